The van der Waals surface area contributed by atoms with Gasteiger partial charge in [-0.25, -0.2) is 4.98 Å². The summed E-state index contributed by atoms with van der Waals surface area (Å²) < 4.78 is 5.08. The number of hydrogen-bond acceptors (Lipinski definition) is 4. The van der Waals surface area contributed by atoms with Gasteiger partial charge in [0.15, 0.2) is 0 Å². The van der Waals surface area contributed by atoms with E-state index in [2.05, 4.69) is 10.3 Å². The second kappa shape index (κ2) is 6.87. The van der Waals surface area contributed by atoms with Crippen LogP contribution < -0.4 is 10.1 Å². The Morgan fingerprint density at radius 3 is 2.47 bits per heavy atom. The highest BCUT2D eigenvalue weighted by atomic mass is 16.5. The lowest BCUT2D eigenvalue weighted by atomic mass is 10.1. The van der Waals surface area contributed by atoms with Crippen molar-refractivity contribution in [2.24, 2.45) is 0 Å². The summed E-state index contributed by atoms with van der Waals surface area (Å²) in [5.74, 6) is 0.631. The van der Waals surface area contributed by atoms with Gasteiger partial charge < -0.3 is 15.2 Å². The molecule has 0 bridgehead atoms. The number of nitrogens with one attached hydrogen (secondary N) is 1. The molecular weight excluding hydrogens is 240 g/mol. The lowest BCUT2D eigenvalue weighted by Crippen LogP contribution is -2.13. The van der Waals surface area contributed by atoms with E-state index in [1.165, 1.54) is 5.56 Å². The second-order valence-electron chi connectivity index (χ2n) is 4.25. The van der Waals surface area contributed by atoms with Crippen LogP contribution in [-0.4, -0.2) is 17.2 Å². The van der Waals surface area contributed by atoms with Gasteiger partial charge in [-0.2, -0.15) is 0 Å². The minimum atomic E-state index is 0.0848. The number of aliphatic hydroxyl groups excluding tert-OH is 1. The third kappa shape index (κ3) is 4.05. The number of methoxy groups -OCH3 is 1. The highest BCUT2D eigenvalue weighted by molar-refractivity contribution is 5.22. The highest BCUT2D eigenvalue weighted by Gasteiger charge is 1.98. The predicted molar refractivity (Wildman–Crippen MR) is 73.7 cm³/mol. The molecule has 1 aromatic carbocycles. The largest absolute Gasteiger partial charge is 0.481 e. The fourth-order valence-corrected chi connectivity index (χ4v) is 1.77. The number of hydrogen-bond donors (Lipinski definition) is 2. The first-order chi connectivity index (χ1) is 9.31. The maximum Gasteiger partial charge on any atom is 0.213 e. The Bertz CT molecular complexity index is 512. The molecule has 0 aliphatic rings. The molecule has 0 aliphatic heterocycles. The van der Waals surface area contributed by atoms with Gasteiger partial charge in [0.25, 0.3) is 0 Å². The minimum absolute atomic E-state index is 0.0848. The molecule has 1 aromatic heterocycles. The SMILES string of the molecule is COc1cccc(CNCc2ccc(CO)cc2)n1. The van der Waals surface area contributed by atoms with Crippen LogP contribution in [0.25, 0.3) is 0 Å². The van der Waals surface area contributed by atoms with Crippen LogP contribution in [-0.2, 0) is 19.7 Å². The standard InChI is InChI=1S/C15H18N2O2/c1-19-15-4-2-3-14(17-15)10-16-9-12-5-7-13(11-18)8-6-12/h2-8,16,18H,9-11H2,1H3. The van der Waals surface area contributed by atoms with Gasteiger partial charge in [0.05, 0.1) is 19.4 Å². The summed E-state index contributed by atoms with van der Waals surface area (Å²) in [6.45, 7) is 1.55. The summed E-state index contributed by atoms with van der Waals surface area (Å²) in [5.41, 5.74) is 3.06. The summed E-state index contributed by atoms with van der Waals surface area (Å²) in [5, 5.41) is 12.3. The van der Waals surface area contributed by atoms with E-state index in [0.717, 1.165) is 17.8 Å². The summed E-state index contributed by atoms with van der Waals surface area (Å²) in [6, 6.07) is 13.6. The first kappa shape index (κ1) is 13.5. The molecule has 0 atom stereocenters. The van der Waals surface area contributed by atoms with Gasteiger partial charge in [-0.3, -0.25) is 0 Å². The Morgan fingerprint density at radius 2 is 1.79 bits per heavy atom. The van der Waals surface area contributed by atoms with Crippen LogP contribution in [0.2, 0.25) is 0 Å². The van der Waals surface area contributed by atoms with Gasteiger partial charge in [-0.15, -0.1) is 0 Å². The molecule has 4 heteroatoms. The molecule has 0 saturated carbocycles. The number of rotatable bonds is 6. The quantitative estimate of drug-likeness (QED) is 0.830. The normalized spacial score (nSPS) is 10.4. The fraction of sp³-hybridized carbons (Fsp3) is 0.267. The van der Waals surface area contributed by atoms with Crippen molar-refractivity contribution in [2.45, 2.75) is 19.7 Å². The topological polar surface area (TPSA) is 54.4 Å². The third-order valence-corrected chi connectivity index (χ3v) is 2.83. The molecule has 100 valence electrons. The first-order valence-electron chi connectivity index (χ1n) is 6.21. The first-order valence-corrected chi connectivity index (χ1v) is 6.21. The van der Waals surface area contributed by atoms with Crippen LogP contribution in [0.4, 0.5) is 0 Å². The van der Waals surface area contributed by atoms with E-state index in [1.54, 1.807) is 7.11 Å². The molecule has 0 saturated heterocycles. The van der Waals surface area contributed by atoms with Crippen LogP contribution >= 0.6 is 0 Å². The molecule has 0 fully saturated rings. The lowest BCUT2D eigenvalue weighted by molar-refractivity contribution is 0.282. The predicted octanol–water partition coefficient (Wildman–Crippen LogP) is 1.87. The molecule has 0 spiro atoms. The van der Waals surface area contributed by atoms with E-state index in [-0.39, 0.29) is 6.61 Å². The van der Waals surface area contributed by atoms with Crippen LogP contribution in [0.5, 0.6) is 5.88 Å². The van der Waals surface area contributed by atoms with Gasteiger partial charge in [-0.05, 0) is 17.2 Å². The molecule has 4 nitrogen and oxygen atoms in total. The van der Waals surface area contributed by atoms with Crippen molar-refractivity contribution in [3.8, 4) is 5.88 Å². The second-order valence-corrected chi connectivity index (χ2v) is 4.25. The maximum absolute atomic E-state index is 8.97. The van der Waals surface area contributed by atoms with E-state index in [9.17, 15) is 0 Å². The van der Waals surface area contributed by atoms with Gasteiger partial charge in [-0.1, -0.05) is 30.3 Å². The van der Waals surface area contributed by atoms with Gasteiger partial charge >= 0.3 is 0 Å². The molecular formula is C15H18N2O2. The van der Waals surface area contributed by atoms with Crippen molar-refractivity contribution in [1.29, 1.82) is 0 Å². The smallest absolute Gasteiger partial charge is 0.213 e. The van der Waals surface area contributed by atoms with Gasteiger partial charge in [0.1, 0.15) is 0 Å². The Balaban J connectivity index is 1.85. The van der Waals surface area contributed by atoms with Gasteiger partial charge in [0, 0.05) is 19.2 Å². The zero-order chi connectivity index (χ0) is 13.5. The number of nitrogens with zero attached hydrogens (tertiary/aromatic N) is 1. The van der Waals surface area contributed by atoms with Crippen LogP contribution in [0.1, 0.15) is 16.8 Å². The van der Waals surface area contributed by atoms with E-state index in [0.29, 0.717) is 12.4 Å². The van der Waals surface area contributed by atoms with Crippen LogP contribution in [0.15, 0.2) is 42.5 Å². The number of benzene rings is 1. The number of ether oxygens (including phenoxy) is 1. The Morgan fingerprint density at radius 1 is 1.05 bits per heavy atom. The van der Waals surface area contributed by atoms with Crippen molar-refractivity contribution in [3.63, 3.8) is 0 Å². The maximum atomic E-state index is 8.97. The Kier molecular flexibility index (Phi) is 4.89. The van der Waals surface area contributed by atoms with E-state index in [1.807, 2.05) is 42.5 Å². The molecule has 0 radical (unpaired) electrons. The minimum Gasteiger partial charge on any atom is -0.481 e. The van der Waals surface area contributed by atoms with Gasteiger partial charge in [0.2, 0.25) is 5.88 Å². The zero-order valence-electron chi connectivity index (χ0n) is 11.0. The van der Waals surface area contributed by atoms with Crippen LogP contribution in [0.3, 0.4) is 0 Å². The van der Waals surface area contributed by atoms with Crippen molar-refractivity contribution >= 4 is 0 Å². The van der Waals surface area contributed by atoms with Crippen molar-refractivity contribution < 1.29 is 9.84 Å². The highest BCUT2D eigenvalue weighted by Crippen LogP contribution is 2.07. The molecule has 2 N–H and O–H groups in total. The van der Waals surface area contributed by atoms with E-state index >= 15 is 0 Å². The summed E-state index contributed by atoms with van der Waals surface area (Å²) in [6.07, 6.45) is 0. The van der Waals surface area contributed by atoms with E-state index < -0.39 is 0 Å². The molecule has 19 heavy (non-hydrogen) atoms. The average Bonchev–Trinajstić information content (AvgIpc) is 2.48. The Labute approximate surface area is 113 Å². The summed E-state index contributed by atoms with van der Waals surface area (Å²) >= 11 is 0. The molecule has 1 heterocycles. The molecule has 0 unspecified atom stereocenters. The summed E-state index contributed by atoms with van der Waals surface area (Å²) in [7, 11) is 1.61. The Hall–Kier alpha value is -1.91. The third-order valence-electron chi connectivity index (χ3n) is 2.83. The molecule has 2 aromatic rings. The van der Waals surface area contributed by atoms with Crippen molar-refractivity contribution in [3.05, 3.63) is 59.3 Å². The molecule has 2 rings (SSSR count). The fourth-order valence-electron chi connectivity index (χ4n) is 1.77. The number of aromatic nitrogens is 1. The molecule has 0 aliphatic carbocycles. The van der Waals surface area contributed by atoms with Crippen molar-refractivity contribution in [1.82, 2.24) is 10.3 Å². The number of pyridine rings is 1. The number of aliphatic hydroxyl groups is 1. The average molecular weight is 258 g/mol. The van der Waals surface area contributed by atoms with E-state index in [4.69, 9.17) is 9.84 Å². The monoisotopic (exact) mass is 258 g/mol. The molecule has 0 amide bonds. The van der Waals surface area contributed by atoms with Crippen molar-refractivity contribution in [2.75, 3.05) is 7.11 Å². The van der Waals surface area contributed by atoms with Crippen LogP contribution in [0, 0.1) is 0 Å². The summed E-state index contributed by atoms with van der Waals surface area (Å²) in [4.78, 5) is 4.33. The lowest BCUT2D eigenvalue weighted by Gasteiger charge is -2.06. The zero-order valence-corrected chi connectivity index (χ0v) is 11.0.